The Morgan fingerprint density at radius 2 is 2.05 bits per heavy atom. The van der Waals surface area contributed by atoms with E-state index in [4.69, 9.17) is 4.42 Å². The summed E-state index contributed by atoms with van der Waals surface area (Å²) in [6, 6.07) is 5.31. The first-order valence-corrected chi connectivity index (χ1v) is 5.74. The van der Waals surface area contributed by atoms with Crippen LogP contribution in [0, 0.1) is 24.0 Å². The summed E-state index contributed by atoms with van der Waals surface area (Å²) in [5.74, 6) is -0.212. The highest BCUT2D eigenvalue weighted by Crippen LogP contribution is 2.29. The van der Waals surface area contributed by atoms with E-state index < -0.39 is 22.3 Å². The van der Waals surface area contributed by atoms with Crippen molar-refractivity contribution >= 4 is 17.3 Å². The zero-order chi connectivity index (χ0) is 14.9. The standard InChI is InChI=1S/C13H12N2O5/c1-7-5-8(2)20-12(7)13(17)14-9-3-4-11(16)10(6-9)15(18)19/h3-6,16H,1-2H3,(H,14,17). The summed E-state index contributed by atoms with van der Waals surface area (Å²) in [5.41, 5.74) is 0.399. The molecule has 7 heteroatoms. The molecular formula is C13H12N2O5. The molecule has 2 rings (SSSR count). The third kappa shape index (κ3) is 2.61. The Bertz CT molecular complexity index is 690. The van der Waals surface area contributed by atoms with E-state index in [9.17, 15) is 20.0 Å². The molecule has 0 saturated heterocycles. The predicted octanol–water partition coefficient (Wildman–Crippen LogP) is 2.76. The van der Waals surface area contributed by atoms with Crippen molar-refractivity contribution in [2.75, 3.05) is 5.32 Å². The zero-order valence-electron chi connectivity index (χ0n) is 10.8. The number of aryl methyl sites for hydroxylation is 2. The highest BCUT2D eigenvalue weighted by Gasteiger charge is 2.18. The van der Waals surface area contributed by atoms with Crippen LogP contribution >= 0.6 is 0 Å². The first-order valence-electron chi connectivity index (χ1n) is 5.74. The van der Waals surface area contributed by atoms with Crippen LogP contribution in [0.2, 0.25) is 0 Å². The maximum Gasteiger partial charge on any atom is 0.312 e. The topological polar surface area (TPSA) is 106 Å². The summed E-state index contributed by atoms with van der Waals surface area (Å²) >= 11 is 0. The number of hydrogen-bond acceptors (Lipinski definition) is 5. The second-order valence-electron chi connectivity index (χ2n) is 4.28. The largest absolute Gasteiger partial charge is 0.502 e. The van der Waals surface area contributed by atoms with Crippen molar-refractivity contribution < 1.29 is 19.2 Å². The lowest BCUT2D eigenvalue weighted by molar-refractivity contribution is -0.385. The Hall–Kier alpha value is -2.83. The maximum atomic E-state index is 12.0. The number of nitrogens with one attached hydrogen (secondary N) is 1. The highest BCUT2D eigenvalue weighted by atomic mass is 16.6. The van der Waals surface area contributed by atoms with Gasteiger partial charge in [-0.2, -0.15) is 0 Å². The molecule has 0 aliphatic heterocycles. The molecule has 1 amide bonds. The van der Waals surface area contributed by atoms with E-state index in [0.717, 1.165) is 12.1 Å². The third-order valence-corrected chi connectivity index (χ3v) is 2.68. The molecule has 20 heavy (non-hydrogen) atoms. The molecule has 0 unspecified atom stereocenters. The van der Waals surface area contributed by atoms with Crippen molar-refractivity contribution in [1.29, 1.82) is 0 Å². The van der Waals surface area contributed by atoms with E-state index in [0.29, 0.717) is 11.3 Å². The predicted molar refractivity (Wildman–Crippen MR) is 70.9 cm³/mol. The smallest absolute Gasteiger partial charge is 0.312 e. The highest BCUT2D eigenvalue weighted by molar-refractivity contribution is 6.03. The molecular weight excluding hydrogens is 264 g/mol. The van der Waals surface area contributed by atoms with Crippen LogP contribution in [0.3, 0.4) is 0 Å². The van der Waals surface area contributed by atoms with Crippen LogP contribution in [0.5, 0.6) is 5.75 Å². The Balaban J connectivity index is 2.26. The Kier molecular flexibility index (Phi) is 3.43. The summed E-state index contributed by atoms with van der Waals surface area (Å²) in [5, 5.41) is 22.5. The van der Waals surface area contributed by atoms with Crippen LogP contribution in [0.1, 0.15) is 21.9 Å². The van der Waals surface area contributed by atoms with Crippen LogP contribution in [-0.4, -0.2) is 15.9 Å². The SMILES string of the molecule is Cc1cc(C)c(C(=O)Nc2ccc(O)c([N+](=O)[O-])c2)o1. The van der Waals surface area contributed by atoms with Gasteiger partial charge in [-0.15, -0.1) is 0 Å². The summed E-state index contributed by atoms with van der Waals surface area (Å²) < 4.78 is 5.25. The zero-order valence-corrected chi connectivity index (χ0v) is 10.8. The first kappa shape index (κ1) is 13.6. The fraction of sp³-hybridized carbons (Fsp3) is 0.154. The number of hydrogen-bond donors (Lipinski definition) is 2. The van der Waals surface area contributed by atoms with Crippen molar-refractivity contribution in [1.82, 2.24) is 0 Å². The number of amides is 1. The first-order chi connectivity index (χ1) is 9.38. The van der Waals surface area contributed by atoms with Gasteiger partial charge in [0, 0.05) is 17.3 Å². The lowest BCUT2D eigenvalue weighted by Gasteiger charge is -2.04. The van der Waals surface area contributed by atoms with E-state index in [-0.39, 0.29) is 11.4 Å². The van der Waals surface area contributed by atoms with Gasteiger partial charge in [0.15, 0.2) is 11.5 Å². The second kappa shape index (κ2) is 5.04. The van der Waals surface area contributed by atoms with E-state index >= 15 is 0 Å². The van der Waals surface area contributed by atoms with E-state index in [2.05, 4.69) is 5.32 Å². The Morgan fingerprint density at radius 1 is 1.35 bits per heavy atom. The number of carbonyl (C=O) groups is 1. The average Bonchev–Trinajstić information content (AvgIpc) is 2.70. The van der Waals surface area contributed by atoms with Gasteiger partial charge in [0.25, 0.3) is 5.91 Å². The Labute approximate surface area is 114 Å². The number of anilines is 1. The maximum absolute atomic E-state index is 12.0. The number of nitro benzene ring substituents is 1. The molecule has 0 spiro atoms. The van der Waals surface area contributed by atoms with Gasteiger partial charge in [-0.25, -0.2) is 0 Å². The van der Waals surface area contributed by atoms with E-state index in [1.165, 1.54) is 6.07 Å². The number of aromatic hydroxyl groups is 1. The minimum absolute atomic E-state index is 0.151. The molecule has 1 aromatic heterocycles. The summed E-state index contributed by atoms with van der Waals surface area (Å²) in [6.07, 6.45) is 0. The molecule has 0 aliphatic carbocycles. The molecule has 1 aromatic carbocycles. The van der Waals surface area contributed by atoms with Gasteiger partial charge in [-0.1, -0.05) is 0 Å². The van der Waals surface area contributed by atoms with Crippen molar-refractivity contribution in [3.63, 3.8) is 0 Å². The fourth-order valence-corrected chi connectivity index (χ4v) is 1.80. The van der Waals surface area contributed by atoms with Crippen molar-refractivity contribution in [2.24, 2.45) is 0 Å². The average molecular weight is 276 g/mol. The van der Waals surface area contributed by atoms with Gasteiger partial charge >= 0.3 is 5.69 Å². The third-order valence-electron chi connectivity index (χ3n) is 2.68. The summed E-state index contributed by atoms with van der Waals surface area (Å²) in [6.45, 7) is 3.44. The lowest BCUT2D eigenvalue weighted by atomic mass is 10.2. The van der Waals surface area contributed by atoms with Crippen LogP contribution in [-0.2, 0) is 0 Å². The number of carbonyl (C=O) groups excluding carboxylic acids is 1. The Morgan fingerprint density at radius 3 is 2.60 bits per heavy atom. The molecule has 2 N–H and O–H groups in total. The molecule has 0 aliphatic rings. The molecule has 0 saturated carbocycles. The molecule has 0 atom stereocenters. The quantitative estimate of drug-likeness (QED) is 0.509. The number of nitro groups is 1. The summed E-state index contributed by atoms with van der Waals surface area (Å²) in [4.78, 5) is 21.9. The minimum atomic E-state index is -0.729. The number of phenols is 1. The van der Waals surface area contributed by atoms with Gasteiger partial charge < -0.3 is 14.8 Å². The van der Waals surface area contributed by atoms with Gasteiger partial charge in [-0.05, 0) is 32.0 Å². The molecule has 1 heterocycles. The van der Waals surface area contributed by atoms with E-state index in [1.807, 2.05) is 0 Å². The molecule has 2 aromatic rings. The second-order valence-corrected chi connectivity index (χ2v) is 4.28. The van der Waals surface area contributed by atoms with Crippen LogP contribution in [0.4, 0.5) is 11.4 Å². The van der Waals surface area contributed by atoms with Crippen molar-refractivity contribution in [3.05, 3.63) is 51.5 Å². The van der Waals surface area contributed by atoms with Gasteiger partial charge in [0.2, 0.25) is 0 Å². The molecule has 104 valence electrons. The minimum Gasteiger partial charge on any atom is -0.502 e. The van der Waals surface area contributed by atoms with Gasteiger partial charge in [0.05, 0.1) is 4.92 Å². The number of nitrogens with zero attached hydrogens (tertiary/aromatic N) is 1. The van der Waals surface area contributed by atoms with Crippen LogP contribution in [0.25, 0.3) is 0 Å². The van der Waals surface area contributed by atoms with Crippen molar-refractivity contribution in [3.8, 4) is 5.75 Å². The molecule has 7 nitrogen and oxygen atoms in total. The van der Waals surface area contributed by atoms with Crippen molar-refractivity contribution in [2.45, 2.75) is 13.8 Å². The fourth-order valence-electron chi connectivity index (χ4n) is 1.80. The normalized spacial score (nSPS) is 10.3. The van der Waals surface area contributed by atoms with E-state index in [1.54, 1.807) is 19.9 Å². The number of benzene rings is 1. The molecule has 0 fully saturated rings. The monoisotopic (exact) mass is 276 g/mol. The van der Waals surface area contributed by atoms with Gasteiger partial charge in [0.1, 0.15) is 5.76 Å². The van der Waals surface area contributed by atoms with Crippen LogP contribution < -0.4 is 5.32 Å². The molecule has 0 radical (unpaired) electrons. The number of furan rings is 1. The molecule has 0 bridgehead atoms. The number of rotatable bonds is 3. The lowest BCUT2D eigenvalue weighted by Crippen LogP contribution is -2.12. The number of phenolic OH excluding ortho intramolecular Hbond substituents is 1. The summed E-state index contributed by atoms with van der Waals surface area (Å²) in [7, 11) is 0. The van der Waals surface area contributed by atoms with Crippen LogP contribution in [0.15, 0.2) is 28.7 Å². The van der Waals surface area contributed by atoms with Gasteiger partial charge in [-0.3, -0.25) is 14.9 Å².